The zero-order chi connectivity index (χ0) is 18.4. The number of rotatable bonds is 6. The second kappa shape index (κ2) is 8.67. The molecule has 0 heterocycles. The van der Waals surface area contributed by atoms with Crippen LogP contribution in [-0.2, 0) is 9.53 Å². The number of amides is 1. The van der Waals surface area contributed by atoms with Gasteiger partial charge in [-0.2, -0.15) is 0 Å². The Bertz CT molecular complexity index is 743. The molecule has 0 radical (unpaired) electrons. The molecule has 0 spiro atoms. The first-order chi connectivity index (χ1) is 11.9. The number of benzene rings is 2. The minimum Gasteiger partial charge on any atom is -0.449 e. The van der Waals surface area contributed by atoms with Crippen molar-refractivity contribution in [2.75, 3.05) is 5.32 Å². The van der Waals surface area contributed by atoms with Crippen LogP contribution in [0.2, 0.25) is 5.02 Å². The predicted octanol–water partition coefficient (Wildman–Crippen LogP) is 5.04. The Morgan fingerprint density at radius 2 is 1.72 bits per heavy atom. The molecule has 0 aromatic heterocycles. The number of hydrogen-bond acceptors (Lipinski definition) is 3. The molecule has 4 nitrogen and oxygen atoms in total. The lowest BCUT2D eigenvalue weighted by Crippen LogP contribution is -2.30. The van der Waals surface area contributed by atoms with E-state index in [1.165, 1.54) is 0 Å². The normalized spacial score (nSPS) is 13.0. The van der Waals surface area contributed by atoms with E-state index < -0.39 is 12.1 Å². The standard InChI is InChI=1S/C20H22ClNO3/c1-4-13(2)17-7-5-6-8-18(17)22-19(23)14(3)25-20(24)15-9-11-16(21)12-10-15/h5-14H,4H2,1-3H3,(H,22,23)/t13-,14-/m1/s1. The molecule has 25 heavy (non-hydrogen) atoms. The molecule has 132 valence electrons. The molecular formula is C20H22ClNO3. The Morgan fingerprint density at radius 3 is 2.36 bits per heavy atom. The van der Waals surface area contributed by atoms with E-state index in [9.17, 15) is 9.59 Å². The summed E-state index contributed by atoms with van der Waals surface area (Å²) in [5.41, 5.74) is 2.16. The number of ether oxygens (including phenoxy) is 1. The summed E-state index contributed by atoms with van der Waals surface area (Å²) < 4.78 is 5.24. The highest BCUT2D eigenvalue weighted by Crippen LogP contribution is 2.26. The molecule has 2 aromatic carbocycles. The van der Waals surface area contributed by atoms with E-state index in [1.54, 1.807) is 31.2 Å². The van der Waals surface area contributed by atoms with Gasteiger partial charge in [0, 0.05) is 10.7 Å². The summed E-state index contributed by atoms with van der Waals surface area (Å²) >= 11 is 5.80. The first-order valence-electron chi connectivity index (χ1n) is 8.28. The van der Waals surface area contributed by atoms with Crippen LogP contribution in [0.5, 0.6) is 0 Å². The molecule has 0 saturated heterocycles. The third-order valence-corrected chi connectivity index (χ3v) is 4.35. The van der Waals surface area contributed by atoms with E-state index in [0.717, 1.165) is 17.7 Å². The van der Waals surface area contributed by atoms with Gasteiger partial charge in [-0.15, -0.1) is 0 Å². The van der Waals surface area contributed by atoms with E-state index in [1.807, 2.05) is 24.3 Å². The smallest absolute Gasteiger partial charge is 0.338 e. The molecule has 0 bridgehead atoms. The number of carbonyl (C=O) groups is 2. The SMILES string of the molecule is CC[C@@H](C)c1ccccc1NC(=O)[C@@H](C)OC(=O)c1ccc(Cl)cc1. The lowest BCUT2D eigenvalue weighted by molar-refractivity contribution is -0.123. The molecule has 0 aliphatic rings. The molecule has 1 N–H and O–H groups in total. The molecule has 0 fully saturated rings. The fraction of sp³-hybridized carbons (Fsp3) is 0.300. The van der Waals surface area contributed by atoms with Gasteiger partial charge in [0.15, 0.2) is 6.10 Å². The summed E-state index contributed by atoms with van der Waals surface area (Å²) in [6.45, 7) is 5.75. The maximum absolute atomic E-state index is 12.4. The number of para-hydroxylation sites is 1. The Morgan fingerprint density at radius 1 is 1.08 bits per heavy atom. The zero-order valence-electron chi connectivity index (χ0n) is 14.6. The second-order valence-corrected chi connectivity index (χ2v) is 6.38. The van der Waals surface area contributed by atoms with Crippen LogP contribution in [0.15, 0.2) is 48.5 Å². The van der Waals surface area contributed by atoms with E-state index in [2.05, 4.69) is 19.2 Å². The first-order valence-corrected chi connectivity index (χ1v) is 8.66. The highest BCUT2D eigenvalue weighted by molar-refractivity contribution is 6.30. The Kier molecular flexibility index (Phi) is 6.59. The van der Waals surface area contributed by atoms with Crippen molar-refractivity contribution >= 4 is 29.2 Å². The summed E-state index contributed by atoms with van der Waals surface area (Å²) in [6.07, 6.45) is 0.0572. The third-order valence-electron chi connectivity index (χ3n) is 4.09. The van der Waals surface area contributed by atoms with Crippen LogP contribution in [-0.4, -0.2) is 18.0 Å². The quantitative estimate of drug-likeness (QED) is 0.735. The summed E-state index contributed by atoms with van der Waals surface area (Å²) in [7, 11) is 0. The average molecular weight is 360 g/mol. The highest BCUT2D eigenvalue weighted by Gasteiger charge is 2.20. The minimum atomic E-state index is -0.909. The van der Waals surface area contributed by atoms with E-state index in [-0.39, 0.29) is 5.91 Å². The molecule has 0 saturated carbocycles. The van der Waals surface area contributed by atoms with Crippen molar-refractivity contribution in [1.29, 1.82) is 0 Å². The number of anilines is 1. The van der Waals surface area contributed by atoms with Crippen molar-refractivity contribution in [2.45, 2.75) is 39.2 Å². The van der Waals surface area contributed by atoms with Crippen molar-refractivity contribution in [3.05, 3.63) is 64.7 Å². The van der Waals surface area contributed by atoms with Gasteiger partial charge in [-0.05, 0) is 55.2 Å². The Labute approximate surface area is 153 Å². The molecule has 2 atom stereocenters. The molecular weight excluding hydrogens is 338 g/mol. The topological polar surface area (TPSA) is 55.4 Å². The Balaban J connectivity index is 2.03. The number of nitrogens with one attached hydrogen (secondary N) is 1. The monoisotopic (exact) mass is 359 g/mol. The van der Waals surface area contributed by atoms with Gasteiger partial charge in [0.2, 0.25) is 0 Å². The number of hydrogen-bond donors (Lipinski definition) is 1. The molecule has 5 heteroatoms. The van der Waals surface area contributed by atoms with Gasteiger partial charge < -0.3 is 10.1 Å². The van der Waals surface area contributed by atoms with Gasteiger partial charge in [-0.25, -0.2) is 4.79 Å². The summed E-state index contributed by atoms with van der Waals surface area (Å²) in [6, 6.07) is 14.0. The lowest BCUT2D eigenvalue weighted by Gasteiger charge is -2.18. The average Bonchev–Trinajstić information content (AvgIpc) is 2.61. The van der Waals surface area contributed by atoms with Crippen molar-refractivity contribution in [1.82, 2.24) is 0 Å². The van der Waals surface area contributed by atoms with Crippen molar-refractivity contribution in [2.24, 2.45) is 0 Å². The lowest BCUT2D eigenvalue weighted by atomic mass is 9.97. The maximum atomic E-state index is 12.4. The molecule has 0 aliphatic carbocycles. The van der Waals surface area contributed by atoms with Crippen LogP contribution in [0.3, 0.4) is 0 Å². The van der Waals surface area contributed by atoms with Gasteiger partial charge >= 0.3 is 5.97 Å². The van der Waals surface area contributed by atoms with Crippen molar-refractivity contribution in [3.63, 3.8) is 0 Å². The summed E-state index contributed by atoms with van der Waals surface area (Å²) in [5, 5.41) is 3.39. The van der Waals surface area contributed by atoms with Crippen molar-refractivity contribution in [3.8, 4) is 0 Å². The van der Waals surface area contributed by atoms with E-state index in [4.69, 9.17) is 16.3 Å². The molecule has 0 unspecified atom stereocenters. The fourth-order valence-electron chi connectivity index (χ4n) is 2.36. The predicted molar refractivity (Wildman–Crippen MR) is 100 cm³/mol. The van der Waals surface area contributed by atoms with E-state index >= 15 is 0 Å². The molecule has 0 aliphatic heterocycles. The van der Waals surface area contributed by atoms with Gasteiger partial charge in [0.1, 0.15) is 0 Å². The van der Waals surface area contributed by atoms with Crippen molar-refractivity contribution < 1.29 is 14.3 Å². The summed E-state index contributed by atoms with van der Waals surface area (Å²) in [5.74, 6) is -0.601. The molecule has 2 rings (SSSR count). The molecule has 1 amide bonds. The van der Waals surface area contributed by atoms with Crippen LogP contribution in [0, 0.1) is 0 Å². The number of esters is 1. The second-order valence-electron chi connectivity index (χ2n) is 5.94. The largest absolute Gasteiger partial charge is 0.449 e. The van der Waals surface area contributed by atoms with E-state index in [0.29, 0.717) is 16.5 Å². The zero-order valence-corrected chi connectivity index (χ0v) is 15.3. The minimum absolute atomic E-state index is 0.323. The summed E-state index contributed by atoms with van der Waals surface area (Å²) in [4.78, 5) is 24.5. The van der Waals surface area contributed by atoms with Gasteiger partial charge in [-0.3, -0.25) is 4.79 Å². The highest BCUT2D eigenvalue weighted by atomic mass is 35.5. The number of halogens is 1. The van der Waals surface area contributed by atoms with Crippen LogP contribution >= 0.6 is 11.6 Å². The maximum Gasteiger partial charge on any atom is 0.338 e. The van der Waals surface area contributed by atoms with Crippen LogP contribution in [0.25, 0.3) is 0 Å². The first kappa shape index (κ1) is 19.0. The van der Waals surface area contributed by atoms with Gasteiger partial charge in [0.25, 0.3) is 5.91 Å². The third kappa shape index (κ3) is 5.07. The number of carbonyl (C=O) groups excluding carboxylic acids is 2. The van der Waals surface area contributed by atoms with Gasteiger partial charge in [0.05, 0.1) is 5.56 Å². The molecule has 2 aromatic rings. The van der Waals surface area contributed by atoms with Crippen LogP contribution in [0.4, 0.5) is 5.69 Å². The fourth-order valence-corrected chi connectivity index (χ4v) is 2.49. The van der Waals surface area contributed by atoms with Crippen LogP contribution < -0.4 is 5.32 Å². The van der Waals surface area contributed by atoms with Crippen LogP contribution in [0.1, 0.15) is 49.0 Å². The van der Waals surface area contributed by atoms with Gasteiger partial charge in [-0.1, -0.05) is 43.6 Å². The Hall–Kier alpha value is -2.33.